The van der Waals surface area contributed by atoms with E-state index in [4.69, 9.17) is 4.74 Å². The normalized spacial score (nSPS) is 30.2. The van der Waals surface area contributed by atoms with Crippen molar-refractivity contribution < 1.29 is 27.8 Å². The number of carboxylic acids is 1. The molecule has 3 fully saturated rings. The van der Waals surface area contributed by atoms with Gasteiger partial charge in [-0.15, -0.1) is 0 Å². The van der Waals surface area contributed by atoms with E-state index in [1.165, 1.54) is 6.07 Å². The smallest absolute Gasteiger partial charge is 0.420 e. The lowest BCUT2D eigenvalue weighted by Gasteiger charge is -2.51. The van der Waals surface area contributed by atoms with Gasteiger partial charge in [-0.1, -0.05) is 31.5 Å². The summed E-state index contributed by atoms with van der Waals surface area (Å²) in [5.41, 5.74) is 0.285. The molecule has 1 N–H and O–H groups in total. The molecule has 2 aromatic rings. The first-order chi connectivity index (χ1) is 17.1. The van der Waals surface area contributed by atoms with Gasteiger partial charge in [-0.3, -0.25) is 9.69 Å². The molecule has 2 heterocycles. The second-order valence-corrected chi connectivity index (χ2v) is 11.3. The van der Waals surface area contributed by atoms with Crippen molar-refractivity contribution in [3.63, 3.8) is 0 Å². The molecule has 2 saturated heterocycles. The van der Waals surface area contributed by atoms with E-state index >= 15 is 0 Å². The van der Waals surface area contributed by atoms with Gasteiger partial charge in [0.25, 0.3) is 0 Å². The molecular formula is C29H36F3NO3. The molecule has 5 rings (SSSR count). The molecule has 1 saturated carbocycles. The number of aliphatic carboxylic acids is 1. The Morgan fingerprint density at radius 3 is 2.31 bits per heavy atom. The van der Waals surface area contributed by atoms with E-state index in [9.17, 15) is 23.1 Å². The molecule has 2 unspecified atom stereocenters. The summed E-state index contributed by atoms with van der Waals surface area (Å²) in [5.74, 6) is -0.495. The Kier molecular flexibility index (Phi) is 6.96. The van der Waals surface area contributed by atoms with Gasteiger partial charge in [0, 0.05) is 18.1 Å². The highest BCUT2D eigenvalue weighted by Crippen LogP contribution is 2.45. The minimum Gasteiger partial charge on any atom is -0.490 e. The maximum atomic E-state index is 14.3. The number of fused-ring (bicyclic) bond motifs is 3. The number of alkyl halides is 3. The number of hydrogen-bond donors (Lipinski definition) is 1. The van der Waals surface area contributed by atoms with Crippen molar-refractivity contribution >= 4 is 16.7 Å². The molecule has 0 amide bonds. The molecule has 3 aliphatic rings. The second kappa shape index (κ2) is 9.88. The predicted octanol–water partition coefficient (Wildman–Crippen LogP) is 7.59. The molecule has 3 atom stereocenters. The quantitative estimate of drug-likeness (QED) is 0.457. The van der Waals surface area contributed by atoms with Crippen LogP contribution in [0.5, 0.6) is 5.75 Å². The molecule has 2 aromatic carbocycles. The highest BCUT2D eigenvalue weighted by Gasteiger charge is 2.43. The molecule has 7 heteroatoms. The van der Waals surface area contributed by atoms with Crippen LogP contribution < -0.4 is 4.74 Å². The maximum absolute atomic E-state index is 14.3. The van der Waals surface area contributed by atoms with Gasteiger partial charge in [-0.2, -0.15) is 13.2 Å². The van der Waals surface area contributed by atoms with Crippen LogP contribution in [0.15, 0.2) is 30.3 Å². The number of rotatable bonds is 5. The Balaban J connectivity index is 1.44. The molecule has 2 bridgehead atoms. The summed E-state index contributed by atoms with van der Waals surface area (Å²) in [6.45, 7) is 4.27. The number of benzene rings is 2. The Hall–Kier alpha value is -2.28. The van der Waals surface area contributed by atoms with Crippen LogP contribution in [0.1, 0.15) is 88.8 Å². The van der Waals surface area contributed by atoms with Gasteiger partial charge in [0.05, 0.1) is 12.0 Å². The van der Waals surface area contributed by atoms with Crippen molar-refractivity contribution in [2.75, 3.05) is 0 Å². The highest BCUT2D eigenvalue weighted by molar-refractivity contribution is 5.89. The molecule has 0 aromatic heterocycles. The van der Waals surface area contributed by atoms with Crippen LogP contribution in [-0.4, -0.2) is 34.2 Å². The van der Waals surface area contributed by atoms with Crippen LogP contribution in [0.2, 0.25) is 0 Å². The average molecular weight is 504 g/mol. The summed E-state index contributed by atoms with van der Waals surface area (Å²) in [6, 6.07) is 8.93. The Morgan fingerprint density at radius 2 is 1.69 bits per heavy atom. The van der Waals surface area contributed by atoms with Gasteiger partial charge >= 0.3 is 12.1 Å². The molecule has 2 aliphatic heterocycles. The third kappa shape index (κ3) is 4.96. The Bertz CT molecular complexity index is 1090. The standard InChI is InChI=1S/C29H36F3NO3/c1-17-6-10-24(11-7-17)36-26-13-9-20-14-19(8-12-25(20)27(26)29(30,31)32)18(2)33-22-4-3-5-23(33)16-21(15-22)28(34)35/h8-9,12-14,17-18,21-24H,3-7,10-11,15-16H2,1-2H3,(H,34,35)/t17-,18-,21?,22?,23?,24+/m0/s1. The van der Waals surface area contributed by atoms with Crippen molar-refractivity contribution in [2.24, 2.45) is 11.8 Å². The largest absolute Gasteiger partial charge is 0.490 e. The lowest BCUT2D eigenvalue weighted by Crippen LogP contribution is -2.53. The molecule has 1 aliphatic carbocycles. The van der Waals surface area contributed by atoms with Gasteiger partial charge in [-0.25, -0.2) is 0 Å². The van der Waals surface area contributed by atoms with Crippen LogP contribution >= 0.6 is 0 Å². The van der Waals surface area contributed by atoms with Crippen molar-refractivity contribution in [2.45, 2.75) is 102 Å². The number of halogens is 3. The topological polar surface area (TPSA) is 49.8 Å². The Morgan fingerprint density at radius 1 is 1.03 bits per heavy atom. The van der Waals surface area contributed by atoms with E-state index in [2.05, 4.69) is 18.7 Å². The zero-order chi connectivity index (χ0) is 25.6. The van der Waals surface area contributed by atoms with Gasteiger partial charge in [0.1, 0.15) is 11.3 Å². The van der Waals surface area contributed by atoms with Crippen molar-refractivity contribution in [1.82, 2.24) is 4.90 Å². The van der Waals surface area contributed by atoms with Crippen LogP contribution in [-0.2, 0) is 11.0 Å². The second-order valence-electron chi connectivity index (χ2n) is 11.3. The maximum Gasteiger partial charge on any atom is 0.420 e. The van der Waals surface area contributed by atoms with E-state index in [1.54, 1.807) is 12.1 Å². The molecule has 36 heavy (non-hydrogen) atoms. The van der Waals surface area contributed by atoms with E-state index in [-0.39, 0.29) is 41.3 Å². The third-order valence-corrected chi connectivity index (χ3v) is 8.86. The first kappa shape index (κ1) is 25.4. The zero-order valence-electron chi connectivity index (χ0n) is 21.1. The van der Waals surface area contributed by atoms with Crippen molar-refractivity contribution in [3.05, 3.63) is 41.5 Å². The summed E-state index contributed by atoms with van der Waals surface area (Å²) in [4.78, 5) is 14.1. The lowest BCUT2D eigenvalue weighted by molar-refractivity contribution is -0.147. The van der Waals surface area contributed by atoms with E-state index in [0.717, 1.165) is 50.5 Å². The van der Waals surface area contributed by atoms with Gasteiger partial charge < -0.3 is 9.84 Å². The number of piperidine rings is 2. The fourth-order valence-electron chi connectivity index (χ4n) is 6.93. The summed E-state index contributed by atoms with van der Waals surface area (Å²) in [7, 11) is 0. The molecule has 0 radical (unpaired) electrons. The zero-order valence-corrected chi connectivity index (χ0v) is 21.1. The molecular weight excluding hydrogens is 467 g/mol. The number of hydrogen-bond acceptors (Lipinski definition) is 3. The van der Waals surface area contributed by atoms with Gasteiger partial charge in [-0.05, 0) is 92.7 Å². The summed E-state index contributed by atoms with van der Waals surface area (Å²) in [5, 5.41) is 10.3. The number of carbonyl (C=O) groups is 1. The predicted molar refractivity (Wildman–Crippen MR) is 133 cm³/mol. The SMILES string of the molecule is C[C@@H](c1ccc2c(C(F)(F)F)c(O[C@H]3CC[C@@H](C)CC3)ccc2c1)N1C2CCCC1CC(C(=O)O)C2. The summed E-state index contributed by atoms with van der Waals surface area (Å²) < 4.78 is 48.7. The molecule has 196 valence electrons. The summed E-state index contributed by atoms with van der Waals surface area (Å²) in [6.07, 6.45) is 3.16. The van der Waals surface area contributed by atoms with Crippen LogP contribution in [0.25, 0.3) is 10.8 Å². The van der Waals surface area contributed by atoms with E-state index in [0.29, 0.717) is 24.1 Å². The first-order valence-corrected chi connectivity index (χ1v) is 13.4. The van der Waals surface area contributed by atoms with Crippen LogP contribution in [0.3, 0.4) is 0 Å². The third-order valence-electron chi connectivity index (χ3n) is 8.86. The van der Waals surface area contributed by atoms with Crippen molar-refractivity contribution in [1.29, 1.82) is 0 Å². The summed E-state index contributed by atoms with van der Waals surface area (Å²) >= 11 is 0. The Labute approximate surface area is 210 Å². The minimum absolute atomic E-state index is 0.00827. The minimum atomic E-state index is -4.51. The average Bonchev–Trinajstić information content (AvgIpc) is 2.83. The van der Waals surface area contributed by atoms with Crippen molar-refractivity contribution in [3.8, 4) is 5.75 Å². The van der Waals surface area contributed by atoms with Crippen LogP contribution in [0.4, 0.5) is 13.2 Å². The number of ether oxygens (including phenoxy) is 1. The highest BCUT2D eigenvalue weighted by atomic mass is 19.4. The monoisotopic (exact) mass is 503 g/mol. The molecule has 0 spiro atoms. The van der Waals surface area contributed by atoms with Gasteiger partial charge in [0.15, 0.2) is 0 Å². The van der Waals surface area contributed by atoms with Gasteiger partial charge in [0.2, 0.25) is 0 Å². The van der Waals surface area contributed by atoms with Crippen LogP contribution in [0, 0.1) is 11.8 Å². The fourth-order valence-corrected chi connectivity index (χ4v) is 6.93. The molecule has 4 nitrogen and oxygen atoms in total. The number of carboxylic acid groups (broad SMARTS) is 1. The van der Waals surface area contributed by atoms with E-state index in [1.807, 2.05) is 12.1 Å². The first-order valence-electron chi connectivity index (χ1n) is 13.4. The lowest BCUT2D eigenvalue weighted by atomic mass is 9.77. The fraction of sp³-hybridized carbons (Fsp3) is 0.621. The number of nitrogens with zero attached hydrogens (tertiary/aromatic N) is 1. The van der Waals surface area contributed by atoms with E-state index < -0.39 is 17.7 Å².